The minimum atomic E-state index is -0.209. The highest BCUT2D eigenvalue weighted by molar-refractivity contribution is 7.08. The molecule has 0 aromatic carbocycles. The molecule has 3 rings (SSSR count). The Morgan fingerprint density at radius 2 is 2.43 bits per heavy atom. The number of H-pyrrole nitrogens is 1. The monoisotopic (exact) mass is 334 g/mol. The predicted octanol–water partition coefficient (Wildman–Crippen LogP) is 0.583. The molecule has 1 atom stereocenters. The molecule has 0 aliphatic carbocycles. The second-order valence-corrected chi connectivity index (χ2v) is 6.16. The van der Waals surface area contributed by atoms with Crippen LogP contribution in [0.4, 0.5) is 5.82 Å². The minimum Gasteiger partial charge on any atom is -0.350 e. The summed E-state index contributed by atoms with van der Waals surface area (Å²) in [4.78, 5) is 33.5. The van der Waals surface area contributed by atoms with E-state index >= 15 is 0 Å². The maximum atomic E-state index is 12.4. The fraction of sp³-hybridized carbons (Fsp3) is 0.500. The average molecular weight is 334 g/mol. The molecule has 122 valence electrons. The van der Waals surface area contributed by atoms with Crippen LogP contribution in [-0.4, -0.2) is 44.6 Å². The van der Waals surface area contributed by atoms with Crippen LogP contribution in [0.3, 0.4) is 0 Å². The summed E-state index contributed by atoms with van der Waals surface area (Å²) in [6, 6.07) is -0.0236. The highest BCUT2D eigenvalue weighted by atomic mass is 32.1. The molecule has 1 saturated heterocycles. The molecule has 0 radical (unpaired) electrons. The standard InChI is InChI=1S/C14H18N6O2S/c1-2-10-11(23-19-18-10)13(21)17-9-4-3-7-20(8-9)12-14(22)16-6-5-15-12/h5-6,9H,2-4,7-8H2,1H3,(H,16,22)(H,17,21)/t9-/m0/s1. The number of carbonyl (C=O) groups is 1. The van der Waals surface area contributed by atoms with Crippen LogP contribution in [-0.2, 0) is 6.42 Å². The summed E-state index contributed by atoms with van der Waals surface area (Å²) in [5.74, 6) is 0.263. The lowest BCUT2D eigenvalue weighted by Crippen LogP contribution is -2.49. The lowest BCUT2D eigenvalue weighted by atomic mass is 10.1. The molecule has 23 heavy (non-hydrogen) atoms. The van der Waals surface area contributed by atoms with E-state index in [2.05, 4.69) is 24.9 Å². The molecule has 2 aromatic rings. The van der Waals surface area contributed by atoms with Crippen molar-refractivity contribution in [1.82, 2.24) is 24.9 Å². The number of piperidine rings is 1. The van der Waals surface area contributed by atoms with Crippen molar-refractivity contribution in [2.24, 2.45) is 0 Å². The molecule has 9 heteroatoms. The van der Waals surface area contributed by atoms with Crippen molar-refractivity contribution in [2.45, 2.75) is 32.2 Å². The first-order chi connectivity index (χ1) is 11.2. The molecule has 8 nitrogen and oxygen atoms in total. The highest BCUT2D eigenvalue weighted by Gasteiger charge is 2.25. The third kappa shape index (κ3) is 3.39. The summed E-state index contributed by atoms with van der Waals surface area (Å²) < 4.78 is 3.85. The van der Waals surface area contributed by atoms with Gasteiger partial charge in [0, 0.05) is 31.5 Å². The summed E-state index contributed by atoms with van der Waals surface area (Å²) in [7, 11) is 0. The number of rotatable bonds is 4. The van der Waals surface area contributed by atoms with Gasteiger partial charge in [-0.3, -0.25) is 9.59 Å². The molecule has 1 aliphatic heterocycles. The molecular formula is C14H18N6O2S. The Kier molecular flexibility index (Phi) is 4.65. The van der Waals surface area contributed by atoms with E-state index in [-0.39, 0.29) is 17.5 Å². The van der Waals surface area contributed by atoms with Crippen molar-refractivity contribution in [3.63, 3.8) is 0 Å². The summed E-state index contributed by atoms with van der Waals surface area (Å²) in [5.41, 5.74) is 0.515. The number of aromatic amines is 1. The van der Waals surface area contributed by atoms with Crippen LogP contribution in [0.25, 0.3) is 0 Å². The number of anilines is 1. The molecule has 2 aromatic heterocycles. The molecule has 1 amide bonds. The smallest absolute Gasteiger partial charge is 0.290 e. The molecule has 0 spiro atoms. The molecule has 1 aliphatic rings. The van der Waals surface area contributed by atoms with Crippen molar-refractivity contribution < 1.29 is 4.79 Å². The minimum absolute atomic E-state index is 0.0236. The number of hydrogen-bond donors (Lipinski definition) is 2. The third-order valence-corrected chi connectivity index (χ3v) is 4.61. The molecular weight excluding hydrogens is 316 g/mol. The highest BCUT2D eigenvalue weighted by Crippen LogP contribution is 2.16. The maximum absolute atomic E-state index is 12.4. The fourth-order valence-electron chi connectivity index (χ4n) is 2.72. The molecule has 1 fully saturated rings. The van der Waals surface area contributed by atoms with E-state index in [1.54, 1.807) is 6.20 Å². The molecule has 0 saturated carbocycles. The van der Waals surface area contributed by atoms with Gasteiger partial charge in [-0.05, 0) is 30.8 Å². The fourth-order valence-corrected chi connectivity index (χ4v) is 3.37. The molecule has 3 heterocycles. The van der Waals surface area contributed by atoms with Crippen molar-refractivity contribution in [3.8, 4) is 0 Å². The van der Waals surface area contributed by atoms with E-state index in [4.69, 9.17) is 0 Å². The number of aryl methyl sites for hydroxylation is 1. The van der Waals surface area contributed by atoms with E-state index in [1.165, 1.54) is 6.20 Å². The number of nitrogens with one attached hydrogen (secondary N) is 2. The van der Waals surface area contributed by atoms with Crippen LogP contribution in [0.1, 0.15) is 35.1 Å². The van der Waals surface area contributed by atoms with Gasteiger partial charge in [0.25, 0.3) is 11.5 Å². The summed E-state index contributed by atoms with van der Waals surface area (Å²) in [6.45, 7) is 3.28. The van der Waals surface area contributed by atoms with Gasteiger partial charge in [-0.2, -0.15) is 0 Å². The second kappa shape index (κ2) is 6.86. The van der Waals surface area contributed by atoms with E-state index in [0.717, 1.165) is 36.6 Å². The number of amides is 1. The molecule has 2 N–H and O–H groups in total. The summed E-state index contributed by atoms with van der Waals surface area (Å²) in [5, 5.41) is 6.99. The van der Waals surface area contributed by atoms with Gasteiger partial charge in [0.1, 0.15) is 4.88 Å². The van der Waals surface area contributed by atoms with Gasteiger partial charge in [-0.25, -0.2) is 4.98 Å². The normalized spacial score (nSPS) is 18.0. The van der Waals surface area contributed by atoms with Gasteiger partial charge in [0.05, 0.1) is 5.69 Å². The lowest BCUT2D eigenvalue weighted by molar-refractivity contribution is 0.0936. The third-order valence-electron chi connectivity index (χ3n) is 3.84. The Morgan fingerprint density at radius 1 is 1.57 bits per heavy atom. The quantitative estimate of drug-likeness (QED) is 0.848. The lowest BCUT2D eigenvalue weighted by Gasteiger charge is -2.33. The van der Waals surface area contributed by atoms with E-state index in [1.807, 2.05) is 11.8 Å². The SMILES string of the molecule is CCc1nnsc1C(=O)N[C@H]1CCCN(c2ncc[nH]c2=O)C1. The van der Waals surface area contributed by atoms with Crippen molar-refractivity contribution in [1.29, 1.82) is 0 Å². The van der Waals surface area contributed by atoms with E-state index < -0.39 is 0 Å². The number of hydrogen-bond acceptors (Lipinski definition) is 7. The Hall–Kier alpha value is -2.29. The van der Waals surface area contributed by atoms with Gasteiger partial charge in [0.2, 0.25) is 0 Å². The Morgan fingerprint density at radius 3 is 3.22 bits per heavy atom. The number of aromatic nitrogens is 4. The zero-order valence-corrected chi connectivity index (χ0v) is 13.6. The maximum Gasteiger partial charge on any atom is 0.290 e. The summed E-state index contributed by atoms with van der Waals surface area (Å²) >= 11 is 1.12. The predicted molar refractivity (Wildman–Crippen MR) is 86.8 cm³/mol. The topological polar surface area (TPSA) is 104 Å². The first kappa shape index (κ1) is 15.6. The van der Waals surface area contributed by atoms with Crippen molar-refractivity contribution in [2.75, 3.05) is 18.0 Å². The molecule has 0 unspecified atom stereocenters. The van der Waals surface area contributed by atoms with Crippen LogP contribution < -0.4 is 15.8 Å². The Bertz CT molecular complexity index is 743. The first-order valence-corrected chi connectivity index (χ1v) is 8.37. The van der Waals surface area contributed by atoms with Crippen molar-refractivity contribution >= 4 is 23.3 Å². The largest absolute Gasteiger partial charge is 0.350 e. The Balaban J connectivity index is 1.69. The van der Waals surface area contributed by atoms with Crippen molar-refractivity contribution in [3.05, 3.63) is 33.3 Å². The van der Waals surface area contributed by atoms with Gasteiger partial charge >= 0.3 is 0 Å². The zero-order valence-electron chi connectivity index (χ0n) is 12.8. The zero-order chi connectivity index (χ0) is 16.2. The van der Waals surface area contributed by atoms with Gasteiger partial charge < -0.3 is 15.2 Å². The van der Waals surface area contributed by atoms with Gasteiger partial charge in [-0.1, -0.05) is 11.4 Å². The number of carbonyl (C=O) groups excluding carboxylic acids is 1. The Labute approximate surface area is 137 Å². The van der Waals surface area contributed by atoms with Crippen LogP contribution in [0.2, 0.25) is 0 Å². The van der Waals surface area contributed by atoms with Crippen LogP contribution in [0.15, 0.2) is 17.2 Å². The first-order valence-electron chi connectivity index (χ1n) is 7.59. The van der Waals surface area contributed by atoms with Crippen LogP contribution in [0, 0.1) is 0 Å². The number of nitrogens with zero attached hydrogens (tertiary/aromatic N) is 4. The van der Waals surface area contributed by atoms with E-state index in [0.29, 0.717) is 23.7 Å². The van der Waals surface area contributed by atoms with Gasteiger partial charge in [0.15, 0.2) is 5.82 Å². The van der Waals surface area contributed by atoms with Gasteiger partial charge in [-0.15, -0.1) is 5.10 Å². The molecule has 0 bridgehead atoms. The second-order valence-electron chi connectivity index (χ2n) is 5.40. The van der Waals surface area contributed by atoms with E-state index in [9.17, 15) is 9.59 Å². The van der Waals surface area contributed by atoms with Crippen LogP contribution in [0.5, 0.6) is 0 Å². The van der Waals surface area contributed by atoms with Crippen LogP contribution >= 0.6 is 11.5 Å². The average Bonchev–Trinajstić information content (AvgIpc) is 3.04. The summed E-state index contributed by atoms with van der Waals surface area (Å²) in [6.07, 6.45) is 5.52.